The van der Waals surface area contributed by atoms with Crippen molar-refractivity contribution in [3.05, 3.63) is 36.3 Å². The molecule has 3 aromatic heterocycles. The summed E-state index contributed by atoms with van der Waals surface area (Å²) < 4.78 is 5.95. The van der Waals surface area contributed by atoms with Crippen molar-refractivity contribution in [2.45, 2.75) is 32.2 Å². The molecule has 0 spiro atoms. The van der Waals surface area contributed by atoms with E-state index in [-0.39, 0.29) is 6.04 Å². The van der Waals surface area contributed by atoms with Gasteiger partial charge in [-0.15, -0.1) is 0 Å². The Kier molecular flexibility index (Phi) is 2.87. The average Bonchev–Trinajstić information content (AvgIpc) is 3.25. The Bertz CT molecular complexity index is 762. The van der Waals surface area contributed by atoms with Crippen molar-refractivity contribution < 1.29 is 4.42 Å². The number of aromatic amines is 1. The van der Waals surface area contributed by atoms with E-state index in [0.29, 0.717) is 5.65 Å². The third-order valence-electron chi connectivity index (χ3n) is 4.09. The van der Waals surface area contributed by atoms with Crippen LogP contribution in [0.1, 0.15) is 37.3 Å². The molecule has 1 saturated heterocycles. The van der Waals surface area contributed by atoms with E-state index in [4.69, 9.17) is 4.42 Å². The number of imidazole rings is 1. The second-order valence-electron chi connectivity index (χ2n) is 5.31. The average molecular weight is 283 g/mol. The number of H-pyrrole nitrogens is 1. The first-order valence-electron chi connectivity index (χ1n) is 7.36. The highest BCUT2D eigenvalue weighted by Gasteiger charge is 2.31. The van der Waals surface area contributed by atoms with E-state index in [2.05, 4.69) is 43.9 Å². The highest BCUT2D eigenvalue weighted by Crippen LogP contribution is 2.37. The fourth-order valence-corrected chi connectivity index (χ4v) is 3.05. The summed E-state index contributed by atoms with van der Waals surface area (Å²) in [5.74, 6) is 2.97. The number of fused-ring (bicyclic) bond motifs is 1. The number of nitrogens with one attached hydrogen (secondary N) is 1. The van der Waals surface area contributed by atoms with Crippen LogP contribution in [0.3, 0.4) is 0 Å². The Morgan fingerprint density at radius 2 is 2.29 bits per heavy atom. The molecule has 1 atom stereocenters. The maximum atomic E-state index is 5.95. The van der Waals surface area contributed by atoms with Crippen LogP contribution in [0, 0.1) is 0 Å². The van der Waals surface area contributed by atoms with Crippen LogP contribution in [0.25, 0.3) is 11.2 Å². The Labute approximate surface area is 122 Å². The van der Waals surface area contributed by atoms with Gasteiger partial charge in [-0.3, -0.25) is 0 Å². The van der Waals surface area contributed by atoms with Crippen molar-refractivity contribution in [3.63, 3.8) is 0 Å². The van der Waals surface area contributed by atoms with Crippen LogP contribution in [0.4, 0.5) is 5.82 Å². The lowest BCUT2D eigenvalue weighted by Gasteiger charge is -2.24. The summed E-state index contributed by atoms with van der Waals surface area (Å²) in [4.78, 5) is 18.3. The monoisotopic (exact) mass is 283 g/mol. The zero-order chi connectivity index (χ0) is 14.2. The molecule has 0 aliphatic carbocycles. The van der Waals surface area contributed by atoms with Crippen LogP contribution < -0.4 is 4.90 Å². The van der Waals surface area contributed by atoms with E-state index >= 15 is 0 Å². The number of anilines is 1. The highest BCUT2D eigenvalue weighted by molar-refractivity contribution is 5.83. The topological polar surface area (TPSA) is 70.8 Å². The summed E-state index contributed by atoms with van der Waals surface area (Å²) in [5.41, 5.74) is 1.60. The minimum Gasteiger partial charge on any atom is -0.464 e. The van der Waals surface area contributed by atoms with Gasteiger partial charge >= 0.3 is 0 Å². The summed E-state index contributed by atoms with van der Waals surface area (Å²) in [6.45, 7) is 3.07. The van der Waals surface area contributed by atoms with Crippen molar-refractivity contribution in [1.82, 2.24) is 19.9 Å². The summed E-state index contributed by atoms with van der Waals surface area (Å²) in [6.07, 6.45) is 6.37. The molecule has 0 radical (unpaired) electrons. The Morgan fingerprint density at radius 3 is 3.14 bits per heavy atom. The van der Waals surface area contributed by atoms with Crippen molar-refractivity contribution >= 4 is 17.0 Å². The Hall–Kier alpha value is -2.37. The van der Waals surface area contributed by atoms with Gasteiger partial charge in [0.05, 0.1) is 12.4 Å². The first kappa shape index (κ1) is 12.4. The molecular formula is C15H17N5O. The minimum atomic E-state index is 0.242. The van der Waals surface area contributed by atoms with Crippen LogP contribution in [-0.4, -0.2) is 26.5 Å². The van der Waals surface area contributed by atoms with E-state index in [1.54, 1.807) is 12.7 Å². The van der Waals surface area contributed by atoms with Crippen LogP contribution in [0.2, 0.25) is 0 Å². The first-order valence-corrected chi connectivity index (χ1v) is 7.36. The number of aryl methyl sites for hydroxylation is 1. The molecule has 0 saturated carbocycles. The molecular weight excluding hydrogens is 266 g/mol. The second-order valence-corrected chi connectivity index (χ2v) is 5.31. The van der Waals surface area contributed by atoms with Gasteiger partial charge in [0.15, 0.2) is 11.5 Å². The summed E-state index contributed by atoms with van der Waals surface area (Å²) in [7, 11) is 0. The standard InChI is InChI=1S/C15H17N5O/c1-2-10-5-6-12(21-10)11-4-3-7-20(11)15-13-14(17-8-16-13)18-9-19-15/h5-6,8-9,11H,2-4,7H2,1H3,(H,16,17,18,19). The number of rotatable bonds is 3. The quantitative estimate of drug-likeness (QED) is 0.800. The van der Waals surface area contributed by atoms with Crippen molar-refractivity contribution in [3.8, 4) is 0 Å². The lowest BCUT2D eigenvalue weighted by molar-refractivity contribution is 0.434. The van der Waals surface area contributed by atoms with Crippen LogP contribution in [0.15, 0.2) is 29.2 Å². The molecule has 1 N–H and O–H groups in total. The molecule has 4 heterocycles. The van der Waals surface area contributed by atoms with E-state index in [1.807, 2.05) is 0 Å². The predicted molar refractivity (Wildman–Crippen MR) is 79.1 cm³/mol. The molecule has 6 nitrogen and oxygen atoms in total. The Balaban J connectivity index is 1.74. The number of hydrogen-bond acceptors (Lipinski definition) is 5. The van der Waals surface area contributed by atoms with Crippen LogP contribution in [0.5, 0.6) is 0 Å². The number of nitrogens with zero attached hydrogens (tertiary/aromatic N) is 4. The first-order chi connectivity index (χ1) is 10.4. The molecule has 3 aromatic rings. The molecule has 108 valence electrons. The maximum absolute atomic E-state index is 5.95. The minimum absolute atomic E-state index is 0.242. The smallest absolute Gasteiger partial charge is 0.182 e. The van der Waals surface area contributed by atoms with Gasteiger partial charge in [0, 0.05) is 13.0 Å². The van der Waals surface area contributed by atoms with Crippen molar-refractivity contribution in [2.75, 3.05) is 11.4 Å². The summed E-state index contributed by atoms with van der Waals surface area (Å²) in [5, 5.41) is 0. The van der Waals surface area contributed by atoms with Gasteiger partial charge in [-0.25, -0.2) is 15.0 Å². The molecule has 6 heteroatoms. The molecule has 1 fully saturated rings. The third kappa shape index (κ3) is 1.98. The maximum Gasteiger partial charge on any atom is 0.182 e. The second kappa shape index (κ2) is 4.87. The molecule has 1 aliphatic heterocycles. The van der Waals surface area contributed by atoms with E-state index in [9.17, 15) is 0 Å². The zero-order valence-electron chi connectivity index (χ0n) is 11.9. The van der Waals surface area contributed by atoms with Crippen LogP contribution in [-0.2, 0) is 6.42 Å². The number of furan rings is 1. The zero-order valence-corrected chi connectivity index (χ0v) is 11.9. The fourth-order valence-electron chi connectivity index (χ4n) is 3.05. The van der Waals surface area contributed by atoms with Gasteiger partial charge in [-0.1, -0.05) is 6.92 Å². The van der Waals surface area contributed by atoms with Crippen LogP contribution >= 0.6 is 0 Å². The molecule has 1 unspecified atom stereocenters. The summed E-state index contributed by atoms with van der Waals surface area (Å²) >= 11 is 0. The van der Waals surface area contributed by atoms with E-state index < -0.39 is 0 Å². The molecule has 21 heavy (non-hydrogen) atoms. The fraction of sp³-hybridized carbons (Fsp3) is 0.400. The Morgan fingerprint density at radius 1 is 1.33 bits per heavy atom. The lowest BCUT2D eigenvalue weighted by atomic mass is 10.1. The van der Waals surface area contributed by atoms with Gasteiger partial charge in [0.1, 0.15) is 23.4 Å². The molecule has 4 rings (SSSR count). The molecule has 0 amide bonds. The van der Waals surface area contributed by atoms with Gasteiger partial charge in [-0.05, 0) is 25.0 Å². The lowest BCUT2D eigenvalue weighted by Crippen LogP contribution is -2.23. The van der Waals surface area contributed by atoms with Crippen molar-refractivity contribution in [2.24, 2.45) is 0 Å². The van der Waals surface area contributed by atoms with E-state index in [0.717, 1.165) is 48.7 Å². The van der Waals surface area contributed by atoms with E-state index in [1.165, 1.54) is 0 Å². The number of hydrogen-bond donors (Lipinski definition) is 1. The molecule has 0 aromatic carbocycles. The van der Waals surface area contributed by atoms with Gasteiger partial charge in [0.2, 0.25) is 0 Å². The van der Waals surface area contributed by atoms with Gasteiger partial charge in [0.25, 0.3) is 0 Å². The molecule has 0 bridgehead atoms. The summed E-state index contributed by atoms with van der Waals surface area (Å²) in [6, 6.07) is 4.40. The van der Waals surface area contributed by atoms with Gasteiger partial charge in [-0.2, -0.15) is 0 Å². The number of aromatic nitrogens is 4. The normalized spacial score (nSPS) is 18.7. The highest BCUT2D eigenvalue weighted by atomic mass is 16.3. The SMILES string of the molecule is CCc1ccc(C2CCCN2c2ncnc3nc[nH]c23)o1. The molecule has 1 aliphatic rings. The third-order valence-corrected chi connectivity index (χ3v) is 4.09. The predicted octanol–water partition coefficient (Wildman–Crippen LogP) is 2.85. The van der Waals surface area contributed by atoms with Crippen molar-refractivity contribution in [1.29, 1.82) is 0 Å². The largest absolute Gasteiger partial charge is 0.464 e. The van der Waals surface area contributed by atoms with Gasteiger partial charge < -0.3 is 14.3 Å².